The molecule has 0 saturated carbocycles. The maximum absolute atomic E-state index is 5.54. The zero-order valence-corrected chi connectivity index (χ0v) is 16.4. The van der Waals surface area contributed by atoms with Crippen LogP contribution in [0.5, 0.6) is 23.0 Å². The van der Waals surface area contributed by atoms with Gasteiger partial charge in [0.25, 0.3) is 0 Å². The summed E-state index contributed by atoms with van der Waals surface area (Å²) < 4.78 is 24.4. The molecule has 2 aromatic carbocycles. The fourth-order valence-corrected chi connectivity index (χ4v) is 3.96. The first-order chi connectivity index (χ1) is 13.1. The molecule has 1 aliphatic heterocycles. The van der Waals surface area contributed by atoms with Crippen molar-refractivity contribution in [3.05, 3.63) is 41.5 Å². The molecule has 2 heterocycles. The molecule has 0 spiro atoms. The molecule has 0 N–H and O–H groups in total. The number of aromatic nitrogens is 1. The van der Waals surface area contributed by atoms with Gasteiger partial charge < -0.3 is 18.9 Å². The molecule has 4 rings (SSSR count). The van der Waals surface area contributed by atoms with Gasteiger partial charge in [-0.05, 0) is 36.2 Å². The van der Waals surface area contributed by atoms with Crippen molar-refractivity contribution in [3.8, 4) is 34.3 Å². The normalized spacial score (nSPS) is 12.3. The van der Waals surface area contributed by atoms with Gasteiger partial charge in [0.15, 0.2) is 29.5 Å². The van der Waals surface area contributed by atoms with Crippen LogP contribution in [-0.4, -0.2) is 28.4 Å². The largest absolute Gasteiger partial charge is 0.493 e. The van der Waals surface area contributed by atoms with Crippen LogP contribution in [0, 0.1) is 6.92 Å². The molecule has 140 valence electrons. The monoisotopic (exact) mass is 366 g/mol. The number of hydrogen-bond donors (Lipinski definition) is 0. The van der Waals surface area contributed by atoms with Crippen molar-refractivity contribution in [3.63, 3.8) is 0 Å². The van der Waals surface area contributed by atoms with E-state index in [1.807, 2.05) is 0 Å². The molecule has 1 aliphatic rings. The van der Waals surface area contributed by atoms with Crippen LogP contribution >= 0.6 is 0 Å². The zero-order chi connectivity index (χ0) is 19.1. The lowest BCUT2D eigenvalue weighted by Crippen LogP contribution is -2.41. The van der Waals surface area contributed by atoms with E-state index in [1.165, 1.54) is 27.8 Å². The first-order valence-corrected chi connectivity index (χ1v) is 8.95. The first kappa shape index (κ1) is 17.5. The third-order valence-corrected chi connectivity index (χ3v) is 5.35. The molecule has 0 amide bonds. The maximum Gasteiger partial charge on any atom is 0.217 e. The Morgan fingerprint density at radius 3 is 2.00 bits per heavy atom. The molecule has 0 bridgehead atoms. The summed E-state index contributed by atoms with van der Waals surface area (Å²) in [4.78, 5) is 0. The van der Waals surface area contributed by atoms with E-state index in [1.54, 1.807) is 28.4 Å². The Hall–Kier alpha value is -2.95. The lowest BCUT2D eigenvalue weighted by molar-refractivity contribution is -0.662. The quantitative estimate of drug-likeness (QED) is 0.661. The van der Waals surface area contributed by atoms with Gasteiger partial charge in [-0.15, -0.1) is 0 Å². The minimum Gasteiger partial charge on any atom is -0.493 e. The lowest BCUT2D eigenvalue weighted by Gasteiger charge is -2.20. The highest BCUT2D eigenvalue weighted by molar-refractivity contribution is 5.85. The van der Waals surface area contributed by atoms with Gasteiger partial charge in [0.1, 0.15) is 0 Å². The fourth-order valence-electron chi connectivity index (χ4n) is 3.96. The summed E-state index contributed by atoms with van der Waals surface area (Å²) in [6.45, 7) is 3.02. The van der Waals surface area contributed by atoms with Gasteiger partial charge in [-0.1, -0.05) is 0 Å². The Kier molecular flexibility index (Phi) is 4.30. The van der Waals surface area contributed by atoms with Crippen LogP contribution in [0.2, 0.25) is 0 Å². The molecule has 5 nitrogen and oxygen atoms in total. The highest BCUT2D eigenvalue weighted by Gasteiger charge is 2.29. The van der Waals surface area contributed by atoms with Gasteiger partial charge in [0.2, 0.25) is 11.2 Å². The summed E-state index contributed by atoms with van der Waals surface area (Å²) in [5.74, 6) is 3.00. The number of nitrogens with zero attached hydrogens (tertiary/aromatic N) is 1. The number of benzene rings is 2. The average Bonchev–Trinajstić information content (AvgIpc) is 2.71. The van der Waals surface area contributed by atoms with Crippen molar-refractivity contribution in [1.82, 2.24) is 0 Å². The van der Waals surface area contributed by atoms with Crippen LogP contribution in [0.25, 0.3) is 22.2 Å². The van der Waals surface area contributed by atoms with E-state index in [-0.39, 0.29) is 0 Å². The molecular weight excluding hydrogens is 342 g/mol. The van der Waals surface area contributed by atoms with Gasteiger partial charge >= 0.3 is 0 Å². The van der Waals surface area contributed by atoms with Gasteiger partial charge in [-0.2, -0.15) is 4.57 Å². The molecule has 0 aliphatic carbocycles. The van der Waals surface area contributed by atoms with Crippen molar-refractivity contribution in [2.75, 3.05) is 28.4 Å². The fraction of sp³-hybridized carbons (Fsp3) is 0.318. The summed E-state index contributed by atoms with van der Waals surface area (Å²) in [7, 11) is 6.68. The maximum atomic E-state index is 5.54. The predicted octanol–water partition coefficient (Wildman–Crippen LogP) is 3.69. The number of pyridine rings is 1. The van der Waals surface area contributed by atoms with Crippen LogP contribution in [0.4, 0.5) is 0 Å². The molecule has 0 fully saturated rings. The minimum absolute atomic E-state index is 0.739. The molecule has 0 radical (unpaired) electrons. The van der Waals surface area contributed by atoms with E-state index in [0.29, 0.717) is 0 Å². The van der Waals surface area contributed by atoms with Crippen LogP contribution in [0.15, 0.2) is 30.3 Å². The Balaban J connectivity index is 2.01. The summed E-state index contributed by atoms with van der Waals surface area (Å²) >= 11 is 0. The second-order valence-corrected chi connectivity index (χ2v) is 6.70. The summed E-state index contributed by atoms with van der Waals surface area (Å²) in [5, 5.41) is 1.17. The molecule has 1 aromatic heterocycles. The van der Waals surface area contributed by atoms with Crippen LogP contribution in [0.1, 0.15) is 11.1 Å². The van der Waals surface area contributed by atoms with E-state index in [9.17, 15) is 0 Å². The van der Waals surface area contributed by atoms with Gasteiger partial charge in [-0.3, -0.25) is 0 Å². The summed E-state index contributed by atoms with van der Waals surface area (Å²) in [6.07, 6.45) is 0.930. The van der Waals surface area contributed by atoms with E-state index in [0.717, 1.165) is 41.5 Å². The number of rotatable bonds is 4. The Labute approximate surface area is 159 Å². The number of fused-ring (bicyclic) bond motifs is 5. The van der Waals surface area contributed by atoms with Crippen molar-refractivity contribution in [1.29, 1.82) is 0 Å². The lowest BCUT2D eigenvalue weighted by atomic mass is 9.94. The molecule has 0 saturated heterocycles. The van der Waals surface area contributed by atoms with E-state index in [4.69, 9.17) is 18.9 Å². The number of methoxy groups -OCH3 is 4. The highest BCUT2D eigenvalue weighted by atomic mass is 16.5. The predicted molar refractivity (Wildman–Crippen MR) is 104 cm³/mol. The molecular formula is C22H24NO4+. The molecule has 5 heteroatoms. The average molecular weight is 366 g/mol. The number of hydrogen-bond acceptors (Lipinski definition) is 4. The smallest absolute Gasteiger partial charge is 0.217 e. The Morgan fingerprint density at radius 2 is 1.33 bits per heavy atom. The van der Waals surface area contributed by atoms with Crippen LogP contribution < -0.4 is 23.5 Å². The van der Waals surface area contributed by atoms with Gasteiger partial charge in [0.05, 0.1) is 45.5 Å². The van der Waals surface area contributed by atoms with Gasteiger partial charge in [0, 0.05) is 12.5 Å². The van der Waals surface area contributed by atoms with Crippen molar-refractivity contribution in [2.24, 2.45) is 0 Å². The SMILES string of the molecule is COc1cc2c(cc1OC)-c1cc(C)c3cc(OC)c(OC)cc3[n+]1CC2. The Morgan fingerprint density at radius 1 is 0.741 bits per heavy atom. The zero-order valence-electron chi connectivity index (χ0n) is 16.4. The Bertz CT molecular complexity index is 1040. The standard InChI is InChI=1S/C22H24NO4/c1-13-8-17-16-11-21(26-4)19(24-2)9-14(16)6-7-23(17)18-12-22(27-5)20(25-3)10-15(13)18/h8-12H,6-7H2,1-5H3/q+1. The first-order valence-electron chi connectivity index (χ1n) is 8.95. The van der Waals surface area contributed by atoms with E-state index >= 15 is 0 Å². The molecule has 0 atom stereocenters. The van der Waals surface area contributed by atoms with Crippen molar-refractivity contribution < 1.29 is 23.5 Å². The van der Waals surface area contributed by atoms with Gasteiger partial charge in [-0.25, -0.2) is 0 Å². The molecule has 0 unspecified atom stereocenters. The topological polar surface area (TPSA) is 40.8 Å². The van der Waals surface area contributed by atoms with Crippen LogP contribution in [-0.2, 0) is 13.0 Å². The third kappa shape index (κ3) is 2.65. The highest BCUT2D eigenvalue weighted by Crippen LogP contribution is 2.39. The number of aryl methyl sites for hydroxylation is 3. The summed E-state index contributed by atoms with van der Waals surface area (Å²) in [5.41, 5.74) is 5.96. The summed E-state index contributed by atoms with van der Waals surface area (Å²) in [6, 6.07) is 10.5. The molecule has 3 aromatic rings. The molecule has 27 heavy (non-hydrogen) atoms. The minimum atomic E-state index is 0.739. The second-order valence-electron chi connectivity index (χ2n) is 6.70. The van der Waals surface area contributed by atoms with Crippen LogP contribution in [0.3, 0.4) is 0 Å². The second kappa shape index (κ2) is 6.65. The van der Waals surface area contributed by atoms with Crippen molar-refractivity contribution in [2.45, 2.75) is 19.9 Å². The van der Waals surface area contributed by atoms with E-state index < -0.39 is 0 Å². The third-order valence-electron chi connectivity index (χ3n) is 5.35. The van der Waals surface area contributed by atoms with Crippen molar-refractivity contribution >= 4 is 10.9 Å². The van der Waals surface area contributed by atoms with E-state index in [2.05, 4.69) is 41.8 Å². The number of ether oxygens (including phenoxy) is 4.